The molecule has 0 radical (unpaired) electrons. The van der Waals surface area contributed by atoms with Gasteiger partial charge in [-0.1, -0.05) is 38.8 Å². The number of hydrogen-bond donors (Lipinski definition) is 1. The van der Waals surface area contributed by atoms with Crippen molar-refractivity contribution in [1.29, 1.82) is 0 Å². The summed E-state index contributed by atoms with van der Waals surface area (Å²) in [5, 5.41) is 3.18. The van der Waals surface area contributed by atoms with Crippen LogP contribution in [0.4, 0.5) is 4.39 Å². The van der Waals surface area contributed by atoms with Crippen LogP contribution in [0.25, 0.3) is 0 Å². The average molecular weight is 306 g/mol. The van der Waals surface area contributed by atoms with Gasteiger partial charge in [-0.3, -0.25) is 9.69 Å². The van der Waals surface area contributed by atoms with Crippen LogP contribution in [-0.2, 0) is 11.3 Å². The van der Waals surface area contributed by atoms with Crippen LogP contribution in [0.1, 0.15) is 38.7 Å². The van der Waals surface area contributed by atoms with E-state index in [1.807, 2.05) is 11.9 Å². The van der Waals surface area contributed by atoms with Crippen LogP contribution in [0.15, 0.2) is 24.3 Å². The van der Waals surface area contributed by atoms with Crippen molar-refractivity contribution in [1.82, 2.24) is 10.2 Å². The minimum atomic E-state index is -0.232. The third-order valence-electron chi connectivity index (χ3n) is 4.83. The normalized spacial score (nSPS) is 25.2. The maximum Gasteiger partial charge on any atom is 0.234 e. The van der Waals surface area contributed by atoms with Gasteiger partial charge in [0.05, 0.1) is 6.54 Å². The van der Waals surface area contributed by atoms with E-state index in [9.17, 15) is 9.18 Å². The topological polar surface area (TPSA) is 32.3 Å². The van der Waals surface area contributed by atoms with E-state index in [0.29, 0.717) is 31.0 Å². The molecule has 1 aromatic rings. The van der Waals surface area contributed by atoms with E-state index in [1.165, 1.54) is 25.0 Å². The quantitative estimate of drug-likeness (QED) is 0.906. The Morgan fingerprint density at radius 2 is 1.95 bits per heavy atom. The molecule has 0 aliphatic heterocycles. The standard InChI is InChI=1S/C18H27FN2O/c1-13-5-4-6-17(14(13)2)20-18(22)12-21(3)11-15-7-9-16(19)10-8-15/h7-10,13-14,17H,4-6,11-12H2,1-3H3,(H,20,22)/t13-,14+,17+/m0/s1. The zero-order valence-corrected chi connectivity index (χ0v) is 13.8. The van der Waals surface area contributed by atoms with Crippen LogP contribution in [0, 0.1) is 17.7 Å². The summed E-state index contributed by atoms with van der Waals surface area (Å²) in [7, 11) is 1.91. The molecule has 2 rings (SSSR count). The van der Waals surface area contributed by atoms with Gasteiger partial charge in [0, 0.05) is 12.6 Å². The Hall–Kier alpha value is -1.42. The van der Waals surface area contributed by atoms with Gasteiger partial charge >= 0.3 is 0 Å². The summed E-state index contributed by atoms with van der Waals surface area (Å²) in [5.41, 5.74) is 1.01. The van der Waals surface area contributed by atoms with Gasteiger partial charge in [-0.2, -0.15) is 0 Å². The monoisotopic (exact) mass is 306 g/mol. The molecule has 1 fully saturated rings. The van der Waals surface area contributed by atoms with Crippen LogP contribution in [0.2, 0.25) is 0 Å². The Morgan fingerprint density at radius 1 is 1.27 bits per heavy atom. The number of hydrogen-bond acceptors (Lipinski definition) is 2. The van der Waals surface area contributed by atoms with Crippen LogP contribution in [0.5, 0.6) is 0 Å². The molecule has 0 heterocycles. The zero-order valence-electron chi connectivity index (χ0n) is 13.8. The third kappa shape index (κ3) is 4.80. The van der Waals surface area contributed by atoms with Crippen molar-refractivity contribution in [3.63, 3.8) is 0 Å². The second kappa shape index (κ2) is 7.73. The van der Waals surface area contributed by atoms with Crippen molar-refractivity contribution in [2.24, 2.45) is 11.8 Å². The third-order valence-corrected chi connectivity index (χ3v) is 4.83. The highest BCUT2D eigenvalue weighted by molar-refractivity contribution is 5.78. The molecule has 1 aliphatic carbocycles. The second-order valence-electron chi connectivity index (χ2n) is 6.74. The molecule has 4 heteroatoms. The van der Waals surface area contributed by atoms with E-state index in [0.717, 1.165) is 12.0 Å². The van der Waals surface area contributed by atoms with Gasteiger partial charge in [0.1, 0.15) is 5.82 Å². The molecule has 1 aliphatic rings. The molecule has 0 bridgehead atoms. The molecule has 1 saturated carbocycles. The number of halogens is 1. The van der Waals surface area contributed by atoms with E-state index in [2.05, 4.69) is 19.2 Å². The minimum absolute atomic E-state index is 0.0792. The van der Waals surface area contributed by atoms with Crippen LogP contribution < -0.4 is 5.32 Å². The van der Waals surface area contributed by atoms with Gasteiger partial charge in [0.15, 0.2) is 0 Å². The zero-order chi connectivity index (χ0) is 16.1. The lowest BCUT2D eigenvalue weighted by molar-refractivity contribution is -0.123. The summed E-state index contributed by atoms with van der Waals surface area (Å²) in [5.74, 6) is 1.07. The molecule has 0 spiro atoms. The molecular weight excluding hydrogens is 279 g/mol. The maximum atomic E-state index is 12.9. The van der Waals surface area contributed by atoms with Crippen molar-refractivity contribution in [2.45, 2.75) is 45.7 Å². The summed E-state index contributed by atoms with van der Waals surface area (Å²) < 4.78 is 12.9. The van der Waals surface area contributed by atoms with Gasteiger partial charge in [0.2, 0.25) is 5.91 Å². The van der Waals surface area contributed by atoms with Crippen molar-refractivity contribution in [3.05, 3.63) is 35.6 Å². The number of rotatable bonds is 5. The summed E-state index contributed by atoms with van der Waals surface area (Å²) >= 11 is 0. The Kier molecular flexibility index (Phi) is 5.95. The minimum Gasteiger partial charge on any atom is -0.352 e. The average Bonchev–Trinajstić information content (AvgIpc) is 2.46. The van der Waals surface area contributed by atoms with E-state index >= 15 is 0 Å². The highest BCUT2D eigenvalue weighted by Crippen LogP contribution is 2.29. The van der Waals surface area contributed by atoms with E-state index in [-0.39, 0.29) is 11.7 Å². The SMILES string of the molecule is C[C@@H]1[C@@H](C)CCC[C@H]1NC(=O)CN(C)Cc1ccc(F)cc1. The fraction of sp³-hybridized carbons (Fsp3) is 0.611. The number of carbonyl (C=O) groups excluding carboxylic acids is 1. The summed E-state index contributed by atoms with van der Waals surface area (Å²) in [6, 6.07) is 6.72. The number of benzene rings is 1. The molecule has 1 aromatic carbocycles. The molecule has 0 unspecified atom stereocenters. The molecule has 0 saturated heterocycles. The van der Waals surface area contributed by atoms with Gasteiger partial charge in [-0.05, 0) is 43.0 Å². The fourth-order valence-corrected chi connectivity index (χ4v) is 3.24. The Labute approximate surface area is 132 Å². The lowest BCUT2D eigenvalue weighted by Gasteiger charge is -2.35. The number of likely N-dealkylation sites (N-methyl/N-ethyl adjacent to an activating group) is 1. The first-order valence-corrected chi connectivity index (χ1v) is 8.18. The molecular formula is C18H27FN2O. The molecule has 3 atom stereocenters. The molecule has 1 amide bonds. The molecule has 22 heavy (non-hydrogen) atoms. The van der Waals surface area contributed by atoms with Crippen molar-refractivity contribution in [3.8, 4) is 0 Å². The second-order valence-corrected chi connectivity index (χ2v) is 6.74. The maximum absolute atomic E-state index is 12.9. The first-order valence-electron chi connectivity index (χ1n) is 8.18. The predicted octanol–water partition coefficient (Wildman–Crippen LogP) is 3.20. The number of nitrogens with one attached hydrogen (secondary N) is 1. The summed E-state index contributed by atoms with van der Waals surface area (Å²) in [6.45, 7) is 5.51. The van der Waals surface area contributed by atoms with Gasteiger partial charge < -0.3 is 5.32 Å². The first kappa shape index (κ1) is 16.9. The van der Waals surface area contributed by atoms with Crippen LogP contribution in [-0.4, -0.2) is 30.4 Å². The first-order chi connectivity index (χ1) is 10.5. The molecule has 3 nitrogen and oxygen atoms in total. The Bertz CT molecular complexity index is 488. The van der Waals surface area contributed by atoms with Crippen LogP contribution >= 0.6 is 0 Å². The van der Waals surface area contributed by atoms with E-state index in [4.69, 9.17) is 0 Å². The Balaban J connectivity index is 1.79. The predicted molar refractivity (Wildman–Crippen MR) is 86.8 cm³/mol. The fourth-order valence-electron chi connectivity index (χ4n) is 3.24. The smallest absolute Gasteiger partial charge is 0.234 e. The molecule has 0 aromatic heterocycles. The number of amides is 1. The van der Waals surface area contributed by atoms with E-state index in [1.54, 1.807) is 12.1 Å². The lowest BCUT2D eigenvalue weighted by Crippen LogP contribution is -2.46. The van der Waals surface area contributed by atoms with Crippen molar-refractivity contribution < 1.29 is 9.18 Å². The number of carbonyl (C=O) groups is 1. The van der Waals surface area contributed by atoms with Crippen molar-refractivity contribution >= 4 is 5.91 Å². The van der Waals surface area contributed by atoms with Gasteiger partial charge in [0.25, 0.3) is 0 Å². The Morgan fingerprint density at radius 3 is 2.64 bits per heavy atom. The molecule has 1 N–H and O–H groups in total. The van der Waals surface area contributed by atoms with Crippen LogP contribution in [0.3, 0.4) is 0 Å². The molecule has 122 valence electrons. The summed E-state index contributed by atoms with van der Waals surface area (Å²) in [6.07, 6.45) is 3.54. The van der Waals surface area contributed by atoms with Crippen molar-refractivity contribution in [2.75, 3.05) is 13.6 Å². The van der Waals surface area contributed by atoms with Gasteiger partial charge in [-0.15, -0.1) is 0 Å². The highest BCUT2D eigenvalue weighted by atomic mass is 19.1. The van der Waals surface area contributed by atoms with E-state index < -0.39 is 0 Å². The number of nitrogens with zero attached hydrogens (tertiary/aromatic N) is 1. The summed E-state index contributed by atoms with van der Waals surface area (Å²) in [4.78, 5) is 14.2. The lowest BCUT2D eigenvalue weighted by atomic mass is 9.78. The highest BCUT2D eigenvalue weighted by Gasteiger charge is 2.28. The van der Waals surface area contributed by atoms with Gasteiger partial charge in [-0.25, -0.2) is 4.39 Å². The largest absolute Gasteiger partial charge is 0.352 e.